The highest BCUT2D eigenvalue weighted by Crippen LogP contribution is 2.31. The van der Waals surface area contributed by atoms with Crippen LogP contribution in [0.5, 0.6) is 0 Å². The molecule has 104 valence electrons. The van der Waals surface area contributed by atoms with Crippen molar-refractivity contribution in [3.63, 3.8) is 0 Å². The number of hydrogen-bond acceptors (Lipinski definition) is 4. The number of carbonyl (C=O) groups excluding carboxylic acids is 1. The number of carbonyl (C=O) groups is 1. The van der Waals surface area contributed by atoms with Crippen LogP contribution in [0.1, 0.15) is 18.4 Å². The van der Waals surface area contributed by atoms with E-state index in [4.69, 9.17) is 14.2 Å². The highest BCUT2D eigenvalue weighted by Gasteiger charge is 2.45. The van der Waals surface area contributed by atoms with E-state index in [0.717, 1.165) is 12.0 Å². The van der Waals surface area contributed by atoms with E-state index in [2.05, 4.69) is 0 Å². The number of rotatable bonds is 4. The fraction of sp³-hybridized carbons (Fsp3) is 0.500. The van der Waals surface area contributed by atoms with Gasteiger partial charge < -0.3 is 14.2 Å². The average Bonchev–Trinajstić information content (AvgIpc) is 2.90. The summed E-state index contributed by atoms with van der Waals surface area (Å²) in [6.45, 7) is 0.828. The highest BCUT2D eigenvalue weighted by atomic mass is 16.7. The minimum Gasteiger partial charge on any atom is -0.444 e. The molecule has 0 unspecified atom stereocenters. The first-order valence-electron chi connectivity index (χ1n) is 6.30. The van der Waals surface area contributed by atoms with Gasteiger partial charge in [-0.2, -0.15) is 0 Å². The summed E-state index contributed by atoms with van der Waals surface area (Å²) in [5.74, 6) is -0.978. The molecule has 1 fully saturated rings. The van der Waals surface area contributed by atoms with Crippen LogP contribution in [-0.2, 0) is 20.8 Å². The van der Waals surface area contributed by atoms with Crippen molar-refractivity contribution in [1.82, 2.24) is 4.90 Å². The summed E-state index contributed by atoms with van der Waals surface area (Å²) in [4.78, 5) is 13.6. The number of methoxy groups -OCH3 is 2. The molecule has 1 aliphatic rings. The van der Waals surface area contributed by atoms with E-state index in [1.165, 1.54) is 19.1 Å². The second-order valence-electron chi connectivity index (χ2n) is 4.42. The molecule has 1 aromatic carbocycles. The van der Waals surface area contributed by atoms with Crippen LogP contribution in [0, 0.1) is 0 Å². The van der Waals surface area contributed by atoms with Crippen LogP contribution in [0.3, 0.4) is 0 Å². The molecule has 1 heterocycles. The summed E-state index contributed by atoms with van der Waals surface area (Å²) in [7, 11) is 3.07. The molecule has 2 rings (SSSR count). The van der Waals surface area contributed by atoms with Crippen molar-refractivity contribution < 1.29 is 19.0 Å². The number of hydrogen-bond donors (Lipinski definition) is 0. The minimum atomic E-state index is -0.978. The smallest absolute Gasteiger partial charge is 0.414 e. The molecule has 19 heavy (non-hydrogen) atoms. The number of ether oxygens (including phenoxy) is 3. The van der Waals surface area contributed by atoms with Gasteiger partial charge in [-0.05, 0) is 12.0 Å². The average molecular weight is 265 g/mol. The van der Waals surface area contributed by atoms with Crippen molar-refractivity contribution in [2.24, 2.45) is 0 Å². The maximum atomic E-state index is 12.1. The fourth-order valence-corrected chi connectivity index (χ4v) is 2.30. The summed E-state index contributed by atoms with van der Waals surface area (Å²) in [5, 5.41) is 0. The van der Waals surface area contributed by atoms with Gasteiger partial charge in [0.05, 0.1) is 0 Å². The normalized spacial score (nSPS) is 17.5. The van der Waals surface area contributed by atoms with E-state index in [9.17, 15) is 4.79 Å². The third-order valence-electron chi connectivity index (χ3n) is 3.35. The largest absolute Gasteiger partial charge is 0.444 e. The molecule has 0 saturated carbocycles. The van der Waals surface area contributed by atoms with Gasteiger partial charge in [-0.25, -0.2) is 4.79 Å². The zero-order valence-electron chi connectivity index (χ0n) is 11.3. The van der Waals surface area contributed by atoms with Crippen LogP contribution in [0.4, 0.5) is 4.79 Å². The van der Waals surface area contributed by atoms with Gasteiger partial charge in [-0.1, -0.05) is 30.3 Å². The Balaban J connectivity index is 1.96. The second kappa shape index (κ2) is 6.04. The van der Waals surface area contributed by atoms with Gasteiger partial charge >= 0.3 is 6.09 Å². The number of benzene rings is 1. The predicted octanol–water partition coefficient (Wildman–Crippen LogP) is 2.37. The summed E-state index contributed by atoms with van der Waals surface area (Å²) in [5.41, 5.74) is 0.954. The lowest BCUT2D eigenvalue weighted by Gasteiger charge is -2.34. The third-order valence-corrected chi connectivity index (χ3v) is 3.35. The molecule has 5 heteroatoms. The summed E-state index contributed by atoms with van der Waals surface area (Å²) < 4.78 is 16.0. The quantitative estimate of drug-likeness (QED) is 0.784. The molecular weight excluding hydrogens is 246 g/mol. The molecule has 0 N–H and O–H groups in total. The van der Waals surface area contributed by atoms with Gasteiger partial charge in [-0.15, -0.1) is 0 Å². The molecular formula is C14H19NO4. The van der Waals surface area contributed by atoms with E-state index < -0.39 is 12.0 Å². The van der Waals surface area contributed by atoms with Gasteiger partial charge in [0.15, 0.2) is 0 Å². The van der Waals surface area contributed by atoms with Crippen molar-refractivity contribution in [2.45, 2.75) is 25.4 Å². The molecule has 0 aromatic heterocycles. The Morgan fingerprint density at radius 3 is 2.58 bits per heavy atom. The standard InChI is InChI=1S/C14H19NO4/c1-17-14(18-2)9-6-10-15(14)13(16)19-11-12-7-4-3-5-8-12/h3-5,7-8H,6,9-11H2,1-2H3. The highest BCUT2D eigenvalue weighted by molar-refractivity contribution is 5.68. The van der Waals surface area contributed by atoms with Crippen LogP contribution >= 0.6 is 0 Å². The first kappa shape index (κ1) is 13.8. The number of likely N-dealkylation sites (tertiary alicyclic amines) is 1. The van der Waals surface area contributed by atoms with E-state index in [-0.39, 0.29) is 6.61 Å². The topological polar surface area (TPSA) is 48.0 Å². The third kappa shape index (κ3) is 2.88. The first-order valence-corrected chi connectivity index (χ1v) is 6.30. The van der Waals surface area contributed by atoms with Crippen LogP contribution < -0.4 is 0 Å². The molecule has 5 nitrogen and oxygen atoms in total. The molecule has 1 aliphatic heterocycles. The summed E-state index contributed by atoms with van der Waals surface area (Å²) in [6.07, 6.45) is 1.08. The monoisotopic (exact) mass is 265 g/mol. The molecule has 0 aliphatic carbocycles. The van der Waals surface area contributed by atoms with E-state index >= 15 is 0 Å². The fourth-order valence-electron chi connectivity index (χ4n) is 2.30. The Morgan fingerprint density at radius 2 is 1.95 bits per heavy atom. The van der Waals surface area contributed by atoms with Gasteiger partial charge in [0.2, 0.25) is 0 Å². The molecule has 0 atom stereocenters. The molecule has 1 amide bonds. The van der Waals surface area contributed by atoms with E-state index in [1.54, 1.807) is 0 Å². The van der Waals surface area contributed by atoms with E-state index in [0.29, 0.717) is 13.0 Å². The Hall–Kier alpha value is -1.59. The summed E-state index contributed by atoms with van der Waals surface area (Å²) >= 11 is 0. The Labute approximate surface area is 113 Å². The van der Waals surface area contributed by atoms with Gasteiger partial charge in [0, 0.05) is 27.2 Å². The Bertz CT molecular complexity index is 417. The van der Waals surface area contributed by atoms with Crippen LogP contribution in [0.15, 0.2) is 30.3 Å². The lowest BCUT2D eigenvalue weighted by atomic mass is 10.2. The van der Waals surface area contributed by atoms with Crippen molar-refractivity contribution >= 4 is 6.09 Å². The first-order chi connectivity index (χ1) is 9.22. The van der Waals surface area contributed by atoms with Crippen LogP contribution in [-0.4, -0.2) is 37.7 Å². The lowest BCUT2D eigenvalue weighted by molar-refractivity contribution is -0.267. The zero-order valence-corrected chi connectivity index (χ0v) is 11.3. The molecule has 1 aromatic rings. The minimum absolute atomic E-state index is 0.250. The van der Waals surface area contributed by atoms with Gasteiger partial charge in [0.25, 0.3) is 5.91 Å². The zero-order chi connectivity index (χ0) is 13.7. The van der Waals surface area contributed by atoms with Crippen LogP contribution in [0.2, 0.25) is 0 Å². The summed E-state index contributed by atoms with van der Waals surface area (Å²) in [6, 6.07) is 9.57. The number of nitrogens with zero attached hydrogens (tertiary/aromatic N) is 1. The van der Waals surface area contributed by atoms with Crippen molar-refractivity contribution in [2.75, 3.05) is 20.8 Å². The van der Waals surface area contributed by atoms with Crippen molar-refractivity contribution in [3.05, 3.63) is 35.9 Å². The molecule has 1 saturated heterocycles. The molecule has 0 bridgehead atoms. The number of amides is 1. The maximum absolute atomic E-state index is 12.1. The van der Waals surface area contributed by atoms with Crippen molar-refractivity contribution in [3.8, 4) is 0 Å². The van der Waals surface area contributed by atoms with E-state index in [1.807, 2.05) is 30.3 Å². The lowest BCUT2D eigenvalue weighted by Crippen LogP contribution is -2.50. The molecule has 0 radical (unpaired) electrons. The molecule has 0 spiro atoms. The second-order valence-corrected chi connectivity index (χ2v) is 4.42. The maximum Gasteiger partial charge on any atom is 0.414 e. The predicted molar refractivity (Wildman–Crippen MR) is 69.3 cm³/mol. The van der Waals surface area contributed by atoms with Crippen LogP contribution in [0.25, 0.3) is 0 Å². The Morgan fingerprint density at radius 1 is 1.26 bits per heavy atom. The van der Waals surface area contributed by atoms with Gasteiger partial charge in [-0.3, -0.25) is 4.90 Å². The Kier molecular flexibility index (Phi) is 4.39. The SMILES string of the molecule is COC1(OC)CCCN1C(=O)OCc1ccccc1. The van der Waals surface area contributed by atoms with Gasteiger partial charge in [0.1, 0.15) is 6.61 Å². The van der Waals surface area contributed by atoms with Crippen molar-refractivity contribution in [1.29, 1.82) is 0 Å².